The second-order valence-corrected chi connectivity index (χ2v) is 4.26. The van der Waals surface area contributed by atoms with Crippen molar-refractivity contribution in [3.63, 3.8) is 0 Å². The van der Waals surface area contributed by atoms with Crippen molar-refractivity contribution in [2.75, 3.05) is 0 Å². The first kappa shape index (κ1) is 10.9. The van der Waals surface area contributed by atoms with Crippen LogP contribution in [0.15, 0.2) is 34.9 Å². The van der Waals surface area contributed by atoms with Gasteiger partial charge in [0, 0.05) is 10.0 Å². The molecule has 0 saturated heterocycles. The lowest BCUT2D eigenvalue weighted by Crippen LogP contribution is -2.01. The highest BCUT2D eigenvalue weighted by Crippen LogP contribution is 2.25. The molecule has 0 radical (unpaired) electrons. The van der Waals surface area contributed by atoms with Crippen LogP contribution < -0.4 is 0 Å². The van der Waals surface area contributed by atoms with Gasteiger partial charge < -0.3 is 5.11 Å². The molecular weight excluding hydrogens is 272 g/mol. The van der Waals surface area contributed by atoms with Crippen LogP contribution in [-0.2, 0) is 11.2 Å². The number of carbonyl (C=O) groups is 1. The van der Waals surface area contributed by atoms with E-state index in [2.05, 4.69) is 26.1 Å². The molecule has 0 fully saturated rings. The van der Waals surface area contributed by atoms with Gasteiger partial charge in [0.1, 0.15) is 0 Å². The molecule has 0 atom stereocenters. The Morgan fingerprint density at radius 2 is 2.31 bits per heavy atom. The Labute approximate surface area is 100 Å². The highest BCUT2D eigenvalue weighted by atomic mass is 79.9. The van der Waals surface area contributed by atoms with Crippen molar-refractivity contribution >= 4 is 21.9 Å². The Bertz CT molecular complexity index is 522. The first-order valence-electron chi connectivity index (χ1n) is 4.67. The molecule has 0 aliphatic rings. The fourth-order valence-corrected chi connectivity index (χ4v) is 1.90. The number of H-pyrrole nitrogens is 1. The molecule has 1 aromatic carbocycles. The number of aromatic amines is 1. The van der Waals surface area contributed by atoms with Crippen LogP contribution in [0.5, 0.6) is 0 Å². The van der Waals surface area contributed by atoms with Gasteiger partial charge in [0.25, 0.3) is 0 Å². The molecule has 1 aromatic heterocycles. The van der Waals surface area contributed by atoms with Crippen LogP contribution in [0, 0.1) is 0 Å². The minimum absolute atomic E-state index is 0.0537. The van der Waals surface area contributed by atoms with Gasteiger partial charge in [-0.15, -0.1) is 0 Å². The molecule has 2 rings (SSSR count). The third-order valence-corrected chi connectivity index (χ3v) is 2.68. The largest absolute Gasteiger partial charge is 0.481 e. The smallest absolute Gasteiger partial charge is 0.309 e. The van der Waals surface area contributed by atoms with Gasteiger partial charge >= 0.3 is 5.97 Å². The molecule has 2 N–H and O–H groups in total. The number of aromatic nitrogens is 2. The molecule has 0 spiro atoms. The van der Waals surface area contributed by atoms with Gasteiger partial charge in [-0.05, 0) is 17.7 Å². The molecule has 0 aliphatic heterocycles. The second-order valence-electron chi connectivity index (χ2n) is 3.34. The summed E-state index contributed by atoms with van der Waals surface area (Å²) in [5, 5.41) is 15.3. The topological polar surface area (TPSA) is 66.0 Å². The van der Waals surface area contributed by atoms with E-state index in [-0.39, 0.29) is 6.42 Å². The number of hydrogen-bond acceptors (Lipinski definition) is 2. The molecule has 16 heavy (non-hydrogen) atoms. The quantitative estimate of drug-likeness (QED) is 0.908. The zero-order valence-electron chi connectivity index (χ0n) is 8.27. The number of aliphatic carboxylic acids is 1. The van der Waals surface area contributed by atoms with Crippen LogP contribution in [-0.4, -0.2) is 21.3 Å². The van der Waals surface area contributed by atoms with Crippen LogP contribution in [0.2, 0.25) is 0 Å². The van der Waals surface area contributed by atoms with E-state index in [1.54, 1.807) is 6.20 Å². The van der Waals surface area contributed by atoms with E-state index in [9.17, 15) is 4.79 Å². The summed E-state index contributed by atoms with van der Waals surface area (Å²) in [7, 11) is 0. The maximum absolute atomic E-state index is 10.7. The average molecular weight is 281 g/mol. The average Bonchev–Trinajstić information content (AvgIpc) is 2.65. The lowest BCUT2D eigenvalue weighted by molar-refractivity contribution is -0.136. The van der Waals surface area contributed by atoms with Gasteiger partial charge in [-0.2, -0.15) is 5.10 Å². The summed E-state index contributed by atoms with van der Waals surface area (Å²) in [6, 6.07) is 7.66. The van der Waals surface area contributed by atoms with Crippen LogP contribution in [0.4, 0.5) is 0 Å². The molecule has 5 heteroatoms. The van der Waals surface area contributed by atoms with E-state index in [0.29, 0.717) is 5.69 Å². The van der Waals surface area contributed by atoms with Crippen LogP contribution >= 0.6 is 15.9 Å². The number of benzene rings is 1. The highest BCUT2D eigenvalue weighted by Gasteiger charge is 2.10. The SMILES string of the molecule is O=C(O)Cc1[nH]ncc1-c1cccc(Br)c1. The molecule has 2 aromatic rings. The Morgan fingerprint density at radius 1 is 1.50 bits per heavy atom. The fraction of sp³-hybridized carbons (Fsp3) is 0.0909. The van der Waals surface area contributed by atoms with E-state index in [1.807, 2.05) is 24.3 Å². The van der Waals surface area contributed by atoms with Crippen molar-refractivity contribution in [1.29, 1.82) is 0 Å². The summed E-state index contributed by atoms with van der Waals surface area (Å²) in [4.78, 5) is 10.7. The third-order valence-electron chi connectivity index (χ3n) is 2.18. The first-order valence-corrected chi connectivity index (χ1v) is 5.46. The molecule has 1 heterocycles. The number of nitrogens with zero attached hydrogens (tertiary/aromatic N) is 1. The minimum Gasteiger partial charge on any atom is -0.481 e. The van der Waals surface area contributed by atoms with Gasteiger partial charge in [0.2, 0.25) is 0 Å². The fourth-order valence-electron chi connectivity index (χ4n) is 1.50. The van der Waals surface area contributed by atoms with Crippen molar-refractivity contribution in [1.82, 2.24) is 10.2 Å². The maximum Gasteiger partial charge on any atom is 0.309 e. The minimum atomic E-state index is -0.875. The van der Waals surface area contributed by atoms with Crippen molar-refractivity contribution in [2.24, 2.45) is 0 Å². The lowest BCUT2D eigenvalue weighted by atomic mass is 10.1. The van der Waals surface area contributed by atoms with Crippen molar-refractivity contribution in [2.45, 2.75) is 6.42 Å². The predicted octanol–water partition coefficient (Wildman–Crippen LogP) is 2.47. The maximum atomic E-state index is 10.7. The Kier molecular flexibility index (Phi) is 3.05. The number of halogens is 1. The molecule has 4 nitrogen and oxygen atoms in total. The molecule has 0 amide bonds. The van der Waals surface area contributed by atoms with Crippen molar-refractivity contribution in [3.05, 3.63) is 40.6 Å². The number of hydrogen-bond donors (Lipinski definition) is 2. The Hall–Kier alpha value is -1.62. The van der Waals surface area contributed by atoms with E-state index in [4.69, 9.17) is 5.11 Å². The van der Waals surface area contributed by atoms with Gasteiger partial charge in [0.05, 0.1) is 18.3 Å². The number of carboxylic acid groups (broad SMARTS) is 1. The summed E-state index contributed by atoms with van der Waals surface area (Å²) in [5.74, 6) is -0.875. The zero-order valence-corrected chi connectivity index (χ0v) is 9.86. The van der Waals surface area contributed by atoms with E-state index >= 15 is 0 Å². The van der Waals surface area contributed by atoms with E-state index < -0.39 is 5.97 Å². The van der Waals surface area contributed by atoms with Gasteiger partial charge in [0.15, 0.2) is 0 Å². The van der Waals surface area contributed by atoms with Gasteiger partial charge in [-0.1, -0.05) is 28.1 Å². The van der Waals surface area contributed by atoms with E-state index in [1.165, 1.54) is 0 Å². The monoisotopic (exact) mass is 280 g/mol. The van der Waals surface area contributed by atoms with Crippen LogP contribution in [0.25, 0.3) is 11.1 Å². The van der Waals surface area contributed by atoms with Crippen molar-refractivity contribution in [3.8, 4) is 11.1 Å². The summed E-state index contributed by atoms with van der Waals surface area (Å²) in [6.07, 6.45) is 1.59. The van der Waals surface area contributed by atoms with Crippen LogP contribution in [0.3, 0.4) is 0 Å². The third kappa shape index (κ3) is 2.30. The summed E-state index contributed by atoms with van der Waals surface area (Å²) < 4.78 is 0.951. The normalized spacial score (nSPS) is 10.3. The Morgan fingerprint density at radius 3 is 3.00 bits per heavy atom. The highest BCUT2D eigenvalue weighted by molar-refractivity contribution is 9.10. The van der Waals surface area contributed by atoms with Crippen LogP contribution in [0.1, 0.15) is 5.69 Å². The number of carboxylic acids is 1. The van der Waals surface area contributed by atoms with Crippen molar-refractivity contribution < 1.29 is 9.90 Å². The predicted molar refractivity (Wildman–Crippen MR) is 63.1 cm³/mol. The summed E-state index contributed by atoms with van der Waals surface area (Å²) >= 11 is 3.38. The van der Waals surface area contributed by atoms with Gasteiger partial charge in [-0.25, -0.2) is 0 Å². The first-order chi connectivity index (χ1) is 7.66. The zero-order chi connectivity index (χ0) is 11.5. The molecule has 0 aliphatic carbocycles. The summed E-state index contributed by atoms with van der Waals surface area (Å²) in [6.45, 7) is 0. The van der Waals surface area contributed by atoms with E-state index in [0.717, 1.165) is 15.6 Å². The number of nitrogens with one attached hydrogen (secondary N) is 1. The molecule has 82 valence electrons. The molecule has 0 unspecified atom stereocenters. The summed E-state index contributed by atoms with van der Waals surface area (Å²) in [5.41, 5.74) is 2.38. The molecule has 0 bridgehead atoms. The second kappa shape index (κ2) is 4.49. The molecular formula is C11H9BrN2O2. The standard InChI is InChI=1S/C11H9BrN2O2/c12-8-3-1-2-7(4-8)9-6-13-14-10(9)5-11(15)16/h1-4,6H,5H2,(H,13,14)(H,15,16). The van der Waals surface area contributed by atoms with Gasteiger partial charge in [-0.3, -0.25) is 9.89 Å². The molecule has 0 saturated carbocycles. The Balaban J connectivity index is 2.40. The number of rotatable bonds is 3. The lowest BCUT2D eigenvalue weighted by Gasteiger charge is -2.01.